The molecule has 0 N–H and O–H groups in total. The summed E-state index contributed by atoms with van der Waals surface area (Å²) in [6, 6.07) is 0. The molecule has 20 heteroatoms. The fourth-order valence-electron chi connectivity index (χ4n) is 19.2. The lowest BCUT2D eigenvalue weighted by molar-refractivity contribution is -0.181. The Morgan fingerprint density at radius 2 is 0.862 bits per heavy atom. The molecule has 0 radical (unpaired) electrons. The summed E-state index contributed by atoms with van der Waals surface area (Å²) in [5, 5.41) is 0. The summed E-state index contributed by atoms with van der Waals surface area (Å²) in [7, 11) is 0. The molecule has 0 spiro atoms. The molecule has 15 aliphatic rings. The van der Waals surface area contributed by atoms with Gasteiger partial charge in [-0.1, -0.05) is 55.4 Å². The molecule has 94 heavy (non-hydrogen) atoms. The van der Waals surface area contributed by atoms with Crippen molar-refractivity contribution in [3.8, 4) is 0 Å². The minimum atomic E-state index is -0.579. The van der Waals surface area contributed by atoms with Crippen LogP contribution in [0.15, 0.2) is 0 Å². The maximum atomic E-state index is 12.3. The van der Waals surface area contributed by atoms with E-state index in [0.29, 0.717) is 29.6 Å². The van der Waals surface area contributed by atoms with Crippen LogP contribution in [0.25, 0.3) is 0 Å². The Labute approximate surface area is 555 Å². The highest BCUT2D eigenvalue weighted by atomic mass is 16.6. The van der Waals surface area contributed by atoms with Crippen LogP contribution in [0, 0.1) is 121 Å². The highest BCUT2D eigenvalue weighted by molar-refractivity contribution is 5.83. The molecule has 25 atom stereocenters. The highest BCUT2D eigenvalue weighted by Crippen LogP contribution is 2.67. The van der Waals surface area contributed by atoms with Gasteiger partial charge in [-0.2, -0.15) is 0 Å². The van der Waals surface area contributed by atoms with Crippen LogP contribution in [-0.4, -0.2) is 120 Å². The molecular formula is C74H108O20. The first-order chi connectivity index (χ1) is 43.6. The maximum Gasteiger partial charge on any atom is 0.313 e. The van der Waals surface area contributed by atoms with Crippen molar-refractivity contribution < 1.29 is 95.3 Å². The van der Waals surface area contributed by atoms with Gasteiger partial charge in [-0.3, -0.25) is 47.9 Å². The number of esters is 10. The van der Waals surface area contributed by atoms with Crippen molar-refractivity contribution in [3.05, 3.63) is 0 Å². The van der Waals surface area contributed by atoms with Gasteiger partial charge in [-0.05, 0) is 171 Å². The van der Waals surface area contributed by atoms with Crippen LogP contribution in [0.2, 0.25) is 0 Å². The third-order valence-electron chi connectivity index (χ3n) is 27.4. The Bertz CT molecular complexity index is 3050. The van der Waals surface area contributed by atoms with E-state index < -0.39 is 32.7 Å². The molecule has 15 rings (SSSR count). The molecule has 20 nitrogen and oxygen atoms in total. The number of hydrogen-bond donors (Lipinski definition) is 0. The molecule has 0 aromatic heterocycles. The zero-order valence-corrected chi connectivity index (χ0v) is 59.3. The third kappa shape index (κ3) is 11.4. The molecule has 0 amide bonds. The van der Waals surface area contributed by atoms with E-state index in [-0.39, 0.29) is 179 Å². The normalized spacial score (nSPS) is 42.0. The summed E-state index contributed by atoms with van der Waals surface area (Å²) in [5.41, 5.74) is -2.99. The minimum Gasteiger partial charge on any atom is -0.462 e. The number of hydrogen-bond acceptors (Lipinski definition) is 20. The lowest BCUT2D eigenvalue weighted by atomic mass is 9.79. The van der Waals surface area contributed by atoms with Crippen LogP contribution < -0.4 is 0 Å². The zero-order valence-electron chi connectivity index (χ0n) is 59.3. The predicted octanol–water partition coefficient (Wildman–Crippen LogP) is 11.0. The number of carbonyl (C=O) groups is 10. The van der Waals surface area contributed by atoms with Crippen LogP contribution in [0.3, 0.4) is 0 Å². The van der Waals surface area contributed by atoms with Crippen molar-refractivity contribution in [2.45, 2.75) is 282 Å². The van der Waals surface area contributed by atoms with Crippen LogP contribution in [-0.2, 0) is 95.3 Å². The molecular weight excluding hydrogens is 1210 g/mol. The largest absolute Gasteiger partial charge is 0.462 e. The monoisotopic (exact) mass is 1320 g/mol. The molecule has 15 fully saturated rings. The van der Waals surface area contributed by atoms with Crippen molar-refractivity contribution in [1.82, 2.24) is 0 Å². The van der Waals surface area contributed by atoms with Crippen molar-refractivity contribution >= 4 is 59.7 Å². The summed E-state index contributed by atoms with van der Waals surface area (Å²) in [5.74, 6) is 1.12. The Morgan fingerprint density at radius 1 is 0.404 bits per heavy atom. The quantitative estimate of drug-likeness (QED) is 0.109. The summed E-state index contributed by atoms with van der Waals surface area (Å²) in [6.07, 6.45) is 10.0. The van der Waals surface area contributed by atoms with Crippen LogP contribution in [0.4, 0.5) is 0 Å². The van der Waals surface area contributed by atoms with Gasteiger partial charge in [0.25, 0.3) is 0 Å². The van der Waals surface area contributed by atoms with Crippen molar-refractivity contribution in [2.24, 2.45) is 121 Å². The van der Waals surface area contributed by atoms with E-state index in [9.17, 15) is 47.9 Å². The molecule has 5 saturated heterocycles. The second-order valence-corrected chi connectivity index (χ2v) is 35.2. The first-order valence-electron chi connectivity index (χ1n) is 35.8. The summed E-state index contributed by atoms with van der Waals surface area (Å²) < 4.78 is 55.9. The van der Waals surface area contributed by atoms with Crippen molar-refractivity contribution in [2.75, 3.05) is 0 Å². The van der Waals surface area contributed by atoms with Gasteiger partial charge in [-0.15, -0.1) is 0 Å². The fraction of sp³-hybridized carbons (Fsp3) is 0.865. The smallest absolute Gasteiger partial charge is 0.313 e. The third-order valence-corrected chi connectivity index (χ3v) is 27.4. The first-order valence-corrected chi connectivity index (χ1v) is 35.8. The van der Waals surface area contributed by atoms with Gasteiger partial charge in [0.2, 0.25) is 0 Å². The van der Waals surface area contributed by atoms with Crippen LogP contribution in [0.5, 0.6) is 0 Å². The summed E-state index contributed by atoms with van der Waals surface area (Å²) >= 11 is 0. The van der Waals surface area contributed by atoms with Gasteiger partial charge in [0.1, 0.15) is 66.5 Å². The van der Waals surface area contributed by atoms with Crippen molar-refractivity contribution in [3.63, 3.8) is 0 Å². The highest BCUT2D eigenvalue weighted by Gasteiger charge is 2.74. The van der Waals surface area contributed by atoms with E-state index in [1.165, 1.54) is 0 Å². The van der Waals surface area contributed by atoms with Gasteiger partial charge in [-0.25, -0.2) is 0 Å². The zero-order chi connectivity index (χ0) is 69.0. The first kappa shape index (κ1) is 70.0. The van der Waals surface area contributed by atoms with Crippen LogP contribution >= 0.6 is 0 Å². The topological polar surface area (TPSA) is 263 Å². The Kier molecular flexibility index (Phi) is 17.9. The SMILES string of the molecule is CCC(C)(C)C(=O)OC1C2CC3C(=O)OC1(C)C3C2.CCC(C)(C)C(=O)OC1C2CC3C(=O)OC1C3C2.CCC(C)(C)C(=O)OC1C2CC3OC(=O)C1C3C2.CCC(C)(C)C(=O)OC1C2OC(=O)C3CC1(C)CC32.CCC(C)(C)C(=O)OC1C2OC(=O)C3CC1C(C)(C)C32. The second kappa shape index (κ2) is 24.0. The molecule has 10 aliphatic carbocycles. The van der Waals surface area contributed by atoms with Gasteiger partial charge in [0, 0.05) is 58.7 Å². The average Bonchev–Trinajstić information content (AvgIpc) is 1.55. The minimum absolute atomic E-state index is 0.0167. The number of fused-ring (bicyclic) bond motifs is 5. The molecule has 10 bridgehead atoms. The summed E-state index contributed by atoms with van der Waals surface area (Å²) in [6.45, 7) is 37.3. The Hall–Kier alpha value is -5.30. The van der Waals surface area contributed by atoms with Crippen LogP contribution in [0.1, 0.15) is 221 Å². The van der Waals surface area contributed by atoms with E-state index >= 15 is 0 Å². The van der Waals surface area contributed by atoms with Gasteiger partial charge < -0.3 is 47.4 Å². The molecule has 5 aliphatic heterocycles. The van der Waals surface area contributed by atoms with E-state index in [1.807, 2.05) is 111 Å². The van der Waals surface area contributed by atoms with E-state index in [0.717, 1.165) is 89.9 Å². The predicted molar refractivity (Wildman–Crippen MR) is 336 cm³/mol. The van der Waals surface area contributed by atoms with E-state index in [2.05, 4.69) is 20.8 Å². The molecule has 10 saturated carbocycles. The van der Waals surface area contributed by atoms with Gasteiger partial charge in [0.15, 0.2) is 0 Å². The van der Waals surface area contributed by atoms with Gasteiger partial charge >= 0.3 is 59.7 Å². The number of ether oxygens (including phenoxy) is 10. The molecule has 524 valence electrons. The number of carbonyl (C=O) groups excluding carboxylic acids is 10. The standard InChI is InChI=1S/C16H24O4.2C15H22O4.2C14H20O4/c1-6-15(2,3)14(18)20-11-9-7-8-10(16(9,4)5)12(11)19-13(8)17;1-5-14(2,3)13(17)19-11-10-8-6-15(11,4)7-9(8)12(16)18-10;1-5-14(2,3)13(17)18-11-8-6-9-10(7-8)15(11,4)19-12(9)16;1-4-14(2,3)13(16)18-11-7-5-8-9(6-7)17-12(15)10(8)11;1-4-14(2,3)13(16)18-10-7-5-8-9(6-7)12(15)17-11(8)10/h8-12H,6-7H2,1-5H3;2*8-11H,5-7H2,1-4H3;2*7-11H,4-6H2,1-3H3. The average molecular weight is 1320 g/mol. The molecule has 0 aromatic carbocycles. The fourth-order valence-corrected chi connectivity index (χ4v) is 19.2. The number of rotatable bonds is 15. The lowest BCUT2D eigenvalue weighted by Crippen LogP contribution is -2.47. The molecule has 0 aromatic rings. The van der Waals surface area contributed by atoms with Gasteiger partial charge in [0.05, 0.1) is 50.7 Å². The van der Waals surface area contributed by atoms with E-state index in [4.69, 9.17) is 47.4 Å². The Balaban J connectivity index is 0.000000120. The molecule has 25 unspecified atom stereocenters. The Morgan fingerprint density at radius 3 is 1.43 bits per heavy atom. The molecule has 5 heterocycles. The van der Waals surface area contributed by atoms with E-state index in [1.54, 1.807) is 0 Å². The van der Waals surface area contributed by atoms with Crippen molar-refractivity contribution in [1.29, 1.82) is 0 Å². The lowest BCUT2D eigenvalue weighted by Gasteiger charge is -2.36. The summed E-state index contributed by atoms with van der Waals surface area (Å²) in [4.78, 5) is 120. The second-order valence-electron chi connectivity index (χ2n) is 35.2. The maximum absolute atomic E-state index is 12.3.